The van der Waals surface area contributed by atoms with Gasteiger partial charge in [0.2, 0.25) is 0 Å². The molecule has 0 fully saturated rings. The molecule has 0 aliphatic heterocycles. The van der Waals surface area contributed by atoms with E-state index in [0.717, 1.165) is 24.8 Å². The lowest BCUT2D eigenvalue weighted by Gasteiger charge is -2.25. The highest BCUT2D eigenvalue weighted by Gasteiger charge is 2.38. The van der Waals surface area contributed by atoms with Gasteiger partial charge >= 0.3 is 18.1 Å². The molecule has 1 aromatic heterocycles. The summed E-state index contributed by atoms with van der Waals surface area (Å²) in [7, 11) is -3.88. The van der Waals surface area contributed by atoms with Crippen LogP contribution in [0.4, 0.5) is 24.7 Å². The van der Waals surface area contributed by atoms with Crippen molar-refractivity contribution in [1.29, 1.82) is 0 Å². The minimum atomic E-state index is -5.08. The Kier molecular flexibility index (Phi) is 11.0. The molecule has 9 nitrogen and oxygen atoms in total. The number of hydrogen-bond donors (Lipinski definition) is 3. The number of carboxylic acids is 2. The van der Waals surface area contributed by atoms with Crippen LogP contribution in [-0.2, 0) is 21.2 Å². The van der Waals surface area contributed by atoms with E-state index < -0.39 is 28.1 Å². The Hall–Kier alpha value is -3.35. The highest BCUT2D eigenvalue weighted by molar-refractivity contribution is 7.92. The molecule has 0 unspecified atom stereocenters. The number of sulfonamides is 1. The number of hydrogen-bond acceptors (Lipinski definition) is 6. The average Bonchev–Trinajstić information content (AvgIpc) is 2.79. The Balaban J connectivity index is 0.000000762. The molecule has 0 aliphatic carbocycles. The zero-order valence-corrected chi connectivity index (χ0v) is 20.3. The van der Waals surface area contributed by atoms with Crippen molar-refractivity contribution in [3.63, 3.8) is 0 Å². The molecular weight excluding hydrogens is 491 g/mol. The number of alkyl halides is 3. The lowest BCUT2D eigenvalue weighted by atomic mass is 10.2. The SMILES string of the molecule is CCCCN(CC)c1ncc(C(=O)O)cc1NS(=O)(=O)c1ccc(CC)cc1.O=C(O)C(F)(F)F. The summed E-state index contributed by atoms with van der Waals surface area (Å²) in [5.74, 6) is -3.49. The van der Waals surface area contributed by atoms with Crippen molar-refractivity contribution in [1.82, 2.24) is 4.98 Å². The van der Waals surface area contributed by atoms with Crippen LogP contribution in [-0.4, -0.2) is 54.8 Å². The van der Waals surface area contributed by atoms with Crippen LogP contribution in [0.1, 0.15) is 49.5 Å². The Bertz CT molecular complexity index is 1110. The molecule has 0 amide bonds. The van der Waals surface area contributed by atoms with Crippen molar-refractivity contribution in [2.45, 2.75) is 51.1 Å². The molecule has 0 saturated carbocycles. The number of anilines is 2. The van der Waals surface area contributed by atoms with E-state index in [-0.39, 0.29) is 16.1 Å². The van der Waals surface area contributed by atoms with Crippen LogP contribution in [0, 0.1) is 0 Å². The van der Waals surface area contributed by atoms with Crippen LogP contribution >= 0.6 is 0 Å². The fraction of sp³-hybridized carbons (Fsp3) is 0.409. The molecule has 0 radical (unpaired) electrons. The van der Waals surface area contributed by atoms with E-state index in [1.54, 1.807) is 24.3 Å². The summed E-state index contributed by atoms with van der Waals surface area (Å²) in [5.41, 5.74) is 1.12. The largest absolute Gasteiger partial charge is 0.490 e. The lowest BCUT2D eigenvalue weighted by molar-refractivity contribution is -0.192. The van der Waals surface area contributed by atoms with Gasteiger partial charge in [-0.3, -0.25) is 4.72 Å². The van der Waals surface area contributed by atoms with Crippen LogP contribution in [0.3, 0.4) is 0 Å². The molecular formula is C22H28F3N3O6S. The second-order valence-corrected chi connectivity index (χ2v) is 8.92. The number of nitrogens with one attached hydrogen (secondary N) is 1. The first kappa shape index (κ1) is 29.7. The molecule has 0 atom stereocenters. The van der Waals surface area contributed by atoms with E-state index in [1.807, 2.05) is 18.7 Å². The monoisotopic (exact) mass is 519 g/mol. The van der Waals surface area contributed by atoms with Crippen molar-refractivity contribution in [2.75, 3.05) is 22.7 Å². The maximum atomic E-state index is 12.9. The Morgan fingerprint density at radius 1 is 1.09 bits per heavy atom. The maximum absolute atomic E-state index is 12.9. The van der Waals surface area contributed by atoms with Crippen LogP contribution in [0.2, 0.25) is 0 Å². The highest BCUT2D eigenvalue weighted by atomic mass is 32.2. The molecule has 2 aromatic rings. The second-order valence-electron chi connectivity index (χ2n) is 7.24. The molecule has 35 heavy (non-hydrogen) atoms. The van der Waals surface area contributed by atoms with E-state index in [2.05, 4.69) is 16.6 Å². The first-order valence-corrected chi connectivity index (χ1v) is 12.1. The lowest BCUT2D eigenvalue weighted by Crippen LogP contribution is -2.27. The van der Waals surface area contributed by atoms with Crippen molar-refractivity contribution in [3.05, 3.63) is 47.7 Å². The van der Waals surface area contributed by atoms with Gasteiger partial charge in [-0.2, -0.15) is 13.2 Å². The average molecular weight is 520 g/mol. The van der Waals surface area contributed by atoms with Crippen LogP contribution in [0.15, 0.2) is 41.4 Å². The number of aryl methyl sites for hydroxylation is 1. The minimum Gasteiger partial charge on any atom is -0.478 e. The number of aliphatic carboxylic acids is 1. The van der Waals surface area contributed by atoms with Gasteiger partial charge in [0.25, 0.3) is 10.0 Å². The molecule has 0 spiro atoms. The van der Waals surface area contributed by atoms with Gasteiger partial charge in [-0.1, -0.05) is 32.4 Å². The Labute approximate surface area is 201 Å². The van der Waals surface area contributed by atoms with Gasteiger partial charge < -0.3 is 15.1 Å². The molecule has 1 aromatic carbocycles. The van der Waals surface area contributed by atoms with Gasteiger partial charge in [-0.15, -0.1) is 0 Å². The fourth-order valence-corrected chi connectivity index (χ4v) is 3.82. The zero-order chi connectivity index (χ0) is 26.8. The van der Waals surface area contributed by atoms with Crippen LogP contribution in [0.5, 0.6) is 0 Å². The number of aromatic nitrogens is 1. The van der Waals surface area contributed by atoms with Crippen molar-refractivity contribution >= 4 is 33.5 Å². The summed E-state index contributed by atoms with van der Waals surface area (Å²) in [6, 6.07) is 7.94. The molecule has 13 heteroatoms. The number of pyridine rings is 1. The van der Waals surface area contributed by atoms with Gasteiger partial charge in [0.05, 0.1) is 16.1 Å². The zero-order valence-electron chi connectivity index (χ0n) is 19.5. The predicted molar refractivity (Wildman–Crippen MR) is 124 cm³/mol. The summed E-state index contributed by atoms with van der Waals surface area (Å²) in [5, 5.41) is 16.4. The normalized spacial score (nSPS) is 11.3. The van der Waals surface area contributed by atoms with Crippen molar-refractivity contribution in [2.24, 2.45) is 0 Å². The van der Waals surface area contributed by atoms with E-state index in [1.165, 1.54) is 12.3 Å². The van der Waals surface area contributed by atoms with E-state index >= 15 is 0 Å². The molecule has 1 heterocycles. The highest BCUT2D eigenvalue weighted by Crippen LogP contribution is 2.28. The summed E-state index contributed by atoms with van der Waals surface area (Å²) in [6.45, 7) is 7.33. The first-order chi connectivity index (χ1) is 16.3. The van der Waals surface area contributed by atoms with E-state index in [4.69, 9.17) is 9.90 Å². The van der Waals surface area contributed by atoms with Crippen LogP contribution in [0.25, 0.3) is 0 Å². The fourth-order valence-electron chi connectivity index (χ4n) is 2.77. The number of benzene rings is 1. The quantitative estimate of drug-likeness (QED) is 0.420. The molecule has 3 N–H and O–H groups in total. The van der Waals surface area contributed by atoms with Gasteiger partial charge in [-0.05, 0) is 43.5 Å². The van der Waals surface area contributed by atoms with Gasteiger partial charge in [0.15, 0.2) is 5.82 Å². The number of carboxylic acid groups (broad SMARTS) is 2. The third kappa shape index (κ3) is 9.08. The first-order valence-electron chi connectivity index (χ1n) is 10.7. The second kappa shape index (κ2) is 12.9. The van der Waals surface area contributed by atoms with Crippen molar-refractivity contribution in [3.8, 4) is 0 Å². The Morgan fingerprint density at radius 3 is 2.09 bits per heavy atom. The summed E-state index contributed by atoms with van der Waals surface area (Å²) < 4.78 is 60.0. The van der Waals surface area contributed by atoms with E-state index in [0.29, 0.717) is 18.9 Å². The number of aromatic carboxylic acids is 1. The third-order valence-electron chi connectivity index (χ3n) is 4.71. The molecule has 0 saturated heterocycles. The third-order valence-corrected chi connectivity index (χ3v) is 6.09. The molecule has 0 bridgehead atoms. The summed E-state index contributed by atoms with van der Waals surface area (Å²) in [6.07, 6.45) is -1.12. The number of carbonyl (C=O) groups is 2. The number of nitrogens with zero attached hydrogens (tertiary/aromatic N) is 2. The summed E-state index contributed by atoms with van der Waals surface area (Å²) >= 11 is 0. The van der Waals surface area contributed by atoms with Gasteiger partial charge in [-0.25, -0.2) is 23.0 Å². The van der Waals surface area contributed by atoms with Crippen LogP contribution < -0.4 is 9.62 Å². The van der Waals surface area contributed by atoms with Crippen molar-refractivity contribution < 1.29 is 41.4 Å². The number of halogens is 3. The maximum Gasteiger partial charge on any atom is 0.490 e. The molecule has 194 valence electrons. The number of unbranched alkanes of at least 4 members (excludes halogenated alkanes) is 1. The smallest absolute Gasteiger partial charge is 0.478 e. The van der Waals surface area contributed by atoms with Gasteiger partial charge in [0, 0.05) is 19.3 Å². The Morgan fingerprint density at radius 2 is 1.66 bits per heavy atom. The standard InChI is InChI=1S/C20H27N3O4S.C2HF3O2/c1-4-7-12-23(6-3)19-18(13-16(14-21-19)20(24)25)22-28(26,27)17-10-8-15(5-2)9-11-17;3-2(4,5)1(6)7/h8-11,13-14,22H,4-7,12H2,1-3H3,(H,24,25);(H,6,7). The van der Waals surface area contributed by atoms with Gasteiger partial charge in [0.1, 0.15) is 0 Å². The minimum absolute atomic E-state index is 0.0747. The van der Waals surface area contributed by atoms with E-state index in [9.17, 15) is 31.5 Å². The number of rotatable bonds is 10. The molecule has 2 rings (SSSR count). The topological polar surface area (TPSA) is 137 Å². The summed E-state index contributed by atoms with van der Waals surface area (Å²) in [4.78, 5) is 26.6. The predicted octanol–water partition coefficient (Wildman–Crippen LogP) is 4.40. The molecule has 0 aliphatic rings.